The van der Waals surface area contributed by atoms with E-state index in [9.17, 15) is 4.79 Å². The molecule has 0 fully saturated rings. The lowest BCUT2D eigenvalue weighted by atomic mass is 10.0. The molecule has 0 unspecified atom stereocenters. The molecule has 0 heterocycles. The molecular weight excluding hydrogens is 282 g/mol. The molecule has 23 heavy (non-hydrogen) atoms. The summed E-state index contributed by atoms with van der Waals surface area (Å²) in [7, 11) is 0. The maximum Gasteiger partial charge on any atom is 0.251 e. The maximum atomic E-state index is 12.4. The molecule has 0 radical (unpaired) electrons. The Hall–Kier alpha value is -2.87. The minimum absolute atomic E-state index is 0.0162. The van der Waals surface area contributed by atoms with Gasteiger partial charge < -0.3 is 5.32 Å². The van der Waals surface area contributed by atoms with Gasteiger partial charge in [-0.05, 0) is 35.7 Å². The highest BCUT2D eigenvalue weighted by atomic mass is 16.1. The van der Waals surface area contributed by atoms with Crippen molar-refractivity contribution in [3.63, 3.8) is 0 Å². The summed E-state index contributed by atoms with van der Waals surface area (Å²) in [5.41, 5.74) is 4.03. The largest absolute Gasteiger partial charge is 0.346 e. The number of carbonyl (C=O) groups excluding carboxylic acids is 1. The molecule has 0 saturated carbocycles. The van der Waals surface area contributed by atoms with Gasteiger partial charge in [-0.25, -0.2) is 0 Å². The molecule has 3 aromatic carbocycles. The third-order valence-electron chi connectivity index (χ3n) is 3.90. The van der Waals surface area contributed by atoms with Gasteiger partial charge in [0.2, 0.25) is 0 Å². The molecule has 2 heteroatoms. The molecule has 1 N–H and O–H groups in total. The van der Waals surface area contributed by atoms with Gasteiger partial charge in [-0.15, -0.1) is 0 Å². The van der Waals surface area contributed by atoms with Crippen molar-refractivity contribution in [2.45, 2.75) is 13.0 Å². The summed E-state index contributed by atoms with van der Waals surface area (Å²) >= 11 is 0. The predicted octanol–water partition coefficient (Wildman–Crippen LogP) is 4.84. The molecule has 0 aliphatic heterocycles. The fourth-order valence-electron chi connectivity index (χ4n) is 2.55. The van der Waals surface area contributed by atoms with Gasteiger partial charge in [-0.3, -0.25) is 4.79 Å². The Bertz CT molecular complexity index is 764. The third kappa shape index (κ3) is 3.67. The van der Waals surface area contributed by atoms with Crippen LogP contribution in [0, 0.1) is 0 Å². The van der Waals surface area contributed by atoms with Crippen LogP contribution in [0.1, 0.15) is 28.9 Å². The van der Waals surface area contributed by atoms with Crippen molar-refractivity contribution < 1.29 is 4.79 Å². The molecule has 0 aliphatic carbocycles. The van der Waals surface area contributed by atoms with Gasteiger partial charge in [0, 0.05) is 5.56 Å². The van der Waals surface area contributed by atoms with E-state index >= 15 is 0 Å². The van der Waals surface area contributed by atoms with Crippen LogP contribution in [0.3, 0.4) is 0 Å². The lowest BCUT2D eigenvalue weighted by Gasteiger charge is -2.14. The van der Waals surface area contributed by atoms with Gasteiger partial charge >= 0.3 is 0 Å². The number of nitrogens with one attached hydrogen (secondary N) is 1. The molecule has 114 valence electrons. The summed E-state index contributed by atoms with van der Waals surface area (Å²) in [5.74, 6) is -0.0547. The van der Waals surface area contributed by atoms with Crippen molar-refractivity contribution >= 4 is 5.91 Å². The van der Waals surface area contributed by atoms with Crippen LogP contribution in [-0.4, -0.2) is 5.91 Å². The average molecular weight is 301 g/mol. The van der Waals surface area contributed by atoms with E-state index in [1.165, 1.54) is 0 Å². The fourth-order valence-corrected chi connectivity index (χ4v) is 2.55. The third-order valence-corrected chi connectivity index (χ3v) is 3.90. The molecule has 0 bridgehead atoms. The number of carbonyl (C=O) groups is 1. The summed E-state index contributed by atoms with van der Waals surface area (Å²) in [5, 5.41) is 3.03. The van der Waals surface area contributed by atoms with Crippen LogP contribution in [0.2, 0.25) is 0 Å². The average Bonchev–Trinajstić information content (AvgIpc) is 2.63. The number of hydrogen-bond donors (Lipinski definition) is 1. The molecule has 3 aromatic rings. The lowest BCUT2D eigenvalue weighted by Crippen LogP contribution is -2.26. The van der Waals surface area contributed by atoms with Crippen LogP contribution in [0.5, 0.6) is 0 Å². The van der Waals surface area contributed by atoms with Gasteiger partial charge in [0.05, 0.1) is 6.04 Å². The Labute approximate surface area is 136 Å². The first-order valence-electron chi connectivity index (χ1n) is 7.75. The first-order valence-corrected chi connectivity index (χ1v) is 7.75. The Kier molecular flexibility index (Phi) is 4.53. The van der Waals surface area contributed by atoms with Crippen LogP contribution >= 0.6 is 0 Å². The summed E-state index contributed by atoms with van der Waals surface area (Å²) in [6.45, 7) is 1.99. The molecule has 3 rings (SSSR count). The standard InChI is InChI=1S/C21H19NO/c1-16(17-8-4-2-5-9-17)22-21(23)20-14-12-19(13-15-20)18-10-6-3-7-11-18/h2-16H,1H3,(H,22,23)/t16-/m0/s1. The summed E-state index contributed by atoms with van der Waals surface area (Å²) < 4.78 is 0. The second-order valence-corrected chi connectivity index (χ2v) is 5.55. The Morgan fingerprint density at radius 3 is 1.87 bits per heavy atom. The van der Waals surface area contributed by atoms with Gasteiger partial charge in [-0.1, -0.05) is 72.8 Å². The topological polar surface area (TPSA) is 29.1 Å². The van der Waals surface area contributed by atoms with Crippen LogP contribution in [0.4, 0.5) is 0 Å². The zero-order valence-corrected chi connectivity index (χ0v) is 13.1. The molecular formula is C21H19NO. The monoisotopic (exact) mass is 301 g/mol. The number of amides is 1. The molecule has 1 amide bonds. The second-order valence-electron chi connectivity index (χ2n) is 5.55. The van der Waals surface area contributed by atoms with E-state index in [1.807, 2.05) is 79.7 Å². The van der Waals surface area contributed by atoms with Crippen molar-refractivity contribution in [3.8, 4) is 11.1 Å². The molecule has 0 aliphatic rings. The highest BCUT2D eigenvalue weighted by molar-refractivity contribution is 5.94. The molecule has 0 saturated heterocycles. The quantitative estimate of drug-likeness (QED) is 0.733. The number of benzene rings is 3. The van der Waals surface area contributed by atoms with Gasteiger partial charge in [0.1, 0.15) is 0 Å². The Morgan fingerprint density at radius 1 is 0.739 bits per heavy atom. The van der Waals surface area contributed by atoms with Crippen molar-refractivity contribution in [2.24, 2.45) is 0 Å². The van der Waals surface area contributed by atoms with E-state index < -0.39 is 0 Å². The van der Waals surface area contributed by atoms with Crippen molar-refractivity contribution in [3.05, 3.63) is 96.1 Å². The molecule has 0 spiro atoms. The lowest BCUT2D eigenvalue weighted by molar-refractivity contribution is 0.0940. The van der Waals surface area contributed by atoms with E-state index in [4.69, 9.17) is 0 Å². The smallest absolute Gasteiger partial charge is 0.251 e. The highest BCUT2D eigenvalue weighted by Gasteiger charge is 2.11. The normalized spacial score (nSPS) is 11.7. The highest BCUT2D eigenvalue weighted by Crippen LogP contribution is 2.19. The van der Waals surface area contributed by atoms with E-state index in [0.717, 1.165) is 16.7 Å². The van der Waals surface area contributed by atoms with Crippen molar-refractivity contribution in [2.75, 3.05) is 0 Å². The SMILES string of the molecule is C[C@H](NC(=O)c1ccc(-c2ccccc2)cc1)c1ccccc1. The van der Waals surface area contributed by atoms with Crippen LogP contribution < -0.4 is 5.32 Å². The molecule has 1 atom stereocenters. The fraction of sp³-hybridized carbons (Fsp3) is 0.0952. The summed E-state index contributed by atoms with van der Waals surface area (Å²) in [4.78, 5) is 12.4. The predicted molar refractivity (Wildman–Crippen MR) is 94.2 cm³/mol. The van der Waals surface area contributed by atoms with E-state index in [-0.39, 0.29) is 11.9 Å². The van der Waals surface area contributed by atoms with Gasteiger partial charge in [0.25, 0.3) is 5.91 Å². The van der Waals surface area contributed by atoms with Gasteiger partial charge in [0.15, 0.2) is 0 Å². The minimum atomic E-state index is -0.0547. The Balaban J connectivity index is 1.71. The van der Waals surface area contributed by atoms with E-state index in [0.29, 0.717) is 5.56 Å². The van der Waals surface area contributed by atoms with E-state index in [1.54, 1.807) is 0 Å². The van der Waals surface area contributed by atoms with Crippen molar-refractivity contribution in [1.29, 1.82) is 0 Å². The molecule has 2 nitrogen and oxygen atoms in total. The first-order chi connectivity index (χ1) is 11.2. The summed E-state index contributed by atoms with van der Waals surface area (Å²) in [6.07, 6.45) is 0. The zero-order valence-electron chi connectivity index (χ0n) is 13.1. The number of rotatable bonds is 4. The van der Waals surface area contributed by atoms with Crippen LogP contribution in [0.25, 0.3) is 11.1 Å². The molecule has 0 aromatic heterocycles. The number of hydrogen-bond acceptors (Lipinski definition) is 1. The van der Waals surface area contributed by atoms with Gasteiger partial charge in [-0.2, -0.15) is 0 Å². The van der Waals surface area contributed by atoms with Crippen LogP contribution in [0.15, 0.2) is 84.9 Å². The van der Waals surface area contributed by atoms with E-state index in [2.05, 4.69) is 17.4 Å². The maximum absolute atomic E-state index is 12.4. The summed E-state index contributed by atoms with van der Waals surface area (Å²) in [6, 6.07) is 27.8. The van der Waals surface area contributed by atoms with Crippen LogP contribution in [-0.2, 0) is 0 Å². The van der Waals surface area contributed by atoms with Crippen molar-refractivity contribution in [1.82, 2.24) is 5.32 Å². The second kappa shape index (κ2) is 6.93. The first kappa shape index (κ1) is 15.0. The Morgan fingerprint density at radius 2 is 1.26 bits per heavy atom. The minimum Gasteiger partial charge on any atom is -0.346 e. The zero-order chi connectivity index (χ0) is 16.1.